The highest BCUT2D eigenvalue weighted by Crippen LogP contribution is 2.20. The van der Waals surface area contributed by atoms with Crippen molar-refractivity contribution in [3.05, 3.63) is 0 Å². The van der Waals surface area contributed by atoms with Crippen molar-refractivity contribution in [1.82, 2.24) is 10.6 Å². The van der Waals surface area contributed by atoms with Gasteiger partial charge in [-0.2, -0.15) is 0 Å². The Bertz CT molecular complexity index is 236. The van der Waals surface area contributed by atoms with Gasteiger partial charge >= 0.3 is 0 Å². The Morgan fingerprint density at radius 2 is 1.61 bits per heavy atom. The zero-order valence-corrected chi connectivity index (χ0v) is 15.5. The molecular formula is C14H32IN3. The van der Waals surface area contributed by atoms with Gasteiger partial charge in [0.2, 0.25) is 0 Å². The lowest BCUT2D eigenvalue weighted by molar-refractivity contribution is 0.368. The normalized spacial score (nSPS) is 12.9. The molecule has 0 aliphatic rings. The van der Waals surface area contributed by atoms with Crippen LogP contribution in [0.5, 0.6) is 0 Å². The van der Waals surface area contributed by atoms with E-state index in [1.807, 2.05) is 0 Å². The third-order valence-corrected chi connectivity index (χ3v) is 2.19. The van der Waals surface area contributed by atoms with E-state index in [2.05, 4.69) is 64.1 Å². The molecule has 0 aliphatic carbocycles. The number of hydrogen-bond acceptors (Lipinski definition) is 1. The van der Waals surface area contributed by atoms with Crippen LogP contribution in [0.1, 0.15) is 61.3 Å². The van der Waals surface area contributed by atoms with Gasteiger partial charge in [-0.1, -0.05) is 20.8 Å². The second-order valence-corrected chi connectivity index (χ2v) is 6.80. The van der Waals surface area contributed by atoms with Crippen molar-refractivity contribution in [1.29, 1.82) is 0 Å². The molecule has 0 rings (SSSR count). The van der Waals surface area contributed by atoms with Crippen LogP contribution in [0.4, 0.5) is 0 Å². The van der Waals surface area contributed by atoms with Crippen molar-refractivity contribution in [2.45, 2.75) is 66.8 Å². The second kappa shape index (κ2) is 8.99. The molecular weight excluding hydrogens is 337 g/mol. The van der Waals surface area contributed by atoms with E-state index < -0.39 is 0 Å². The molecule has 0 spiro atoms. The van der Waals surface area contributed by atoms with Crippen molar-refractivity contribution in [2.75, 3.05) is 13.1 Å². The summed E-state index contributed by atoms with van der Waals surface area (Å²) in [5, 5.41) is 6.67. The highest BCUT2D eigenvalue weighted by molar-refractivity contribution is 14.0. The summed E-state index contributed by atoms with van der Waals surface area (Å²) in [7, 11) is 0. The largest absolute Gasteiger partial charge is 0.357 e. The maximum absolute atomic E-state index is 4.60. The number of guanidine groups is 1. The van der Waals surface area contributed by atoms with Gasteiger partial charge in [0.05, 0.1) is 0 Å². The van der Waals surface area contributed by atoms with E-state index in [4.69, 9.17) is 0 Å². The summed E-state index contributed by atoms with van der Waals surface area (Å²) in [6.45, 7) is 17.2. The average molecular weight is 369 g/mol. The van der Waals surface area contributed by atoms with Crippen LogP contribution in [0, 0.1) is 5.41 Å². The van der Waals surface area contributed by atoms with Crippen LogP contribution in [0.15, 0.2) is 4.99 Å². The zero-order valence-electron chi connectivity index (χ0n) is 13.2. The number of nitrogens with one attached hydrogen (secondary N) is 2. The summed E-state index contributed by atoms with van der Waals surface area (Å²) < 4.78 is 0. The standard InChI is InChI=1S/C14H31N3.HI/c1-8-15-12(17-14(5,6)7)16-11-9-10-13(2,3)4;/h8-11H2,1-7H3,(H2,15,16,17);1H. The Kier molecular flexibility index (Phi) is 10.2. The molecule has 3 nitrogen and oxygen atoms in total. The number of aliphatic imine (C=N–C) groups is 1. The molecule has 0 aromatic heterocycles. The average Bonchev–Trinajstić information content (AvgIpc) is 2.08. The Morgan fingerprint density at radius 1 is 1.06 bits per heavy atom. The first-order valence-corrected chi connectivity index (χ1v) is 6.70. The van der Waals surface area contributed by atoms with Crippen LogP contribution in [0.2, 0.25) is 0 Å². The van der Waals surface area contributed by atoms with Crippen molar-refractivity contribution in [3.63, 3.8) is 0 Å². The smallest absolute Gasteiger partial charge is 0.191 e. The first-order chi connectivity index (χ1) is 7.64. The van der Waals surface area contributed by atoms with Gasteiger partial charge in [-0.3, -0.25) is 4.99 Å². The fourth-order valence-electron chi connectivity index (χ4n) is 1.46. The van der Waals surface area contributed by atoms with Crippen molar-refractivity contribution in [3.8, 4) is 0 Å². The first kappa shape index (κ1) is 20.3. The molecule has 0 aromatic carbocycles. The molecule has 0 aliphatic heterocycles. The summed E-state index contributed by atoms with van der Waals surface area (Å²) >= 11 is 0. The van der Waals surface area contributed by atoms with Gasteiger partial charge in [0.25, 0.3) is 0 Å². The fraction of sp³-hybridized carbons (Fsp3) is 0.929. The van der Waals surface area contributed by atoms with Gasteiger partial charge in [0, 0.05) is 18.6 Å². The second-order valence-electron chi connectivity index (χ2n) is 6.80. The monoisotopic (exact) mass is 369 g/mol. The molecule has 0 atom stereocenters. The molecule has 0 amide bonds. The van der Waals surface area contributed by atoms with Crippen LogP contribution in [0.3, 0.4) is 0 Å². The molecule has 4 heteroatoms. The van der Waals surface area contributed by atoms with Crippen LogP contribution >= 0.6 is 24.0 Å². The molecule has 0 aromatic rings. The maximum atomic E-state index is 4.60. The lowest BCUT2D eigenvalue weighted by Crippen LogP contribution is -2.47. The molecule has 0 unspecified atom stereocenters. The predicted molar refractivity (Wildman–Crippen MR) is 93.0 cm³/mol. The number of hydrogen-bond donors (Lipinski definition) is 2. The first-order valence-electron chi connectivity index (χ1n) is 6.70. The van der Waals surface area contributed by atoms with E-state index in [1.54, 1.807) is 0 Å². The van der Waals surface area contributed by atoms with E-state index in [0.29, 0.717) is 5.41 Å². The summed E-state index contributed by atoms with van der Waals surface area (Å²) in [4.78, 5) is 4.60. The van der Waals surface area contributed by atoms with Gasteiger partial charge in [0.15, 0.2) is 5.96 Å². The van der Waals surface area contributed by atoms with Crippen LogP contribution in [0.25, 0.3) is 0 Å². The summed E-state index contributed by atoms with van der Waals surface area (Å²) in [5.41, 5.74) is 0.469. The van der Waals surface area contributed by atoms with Crippen LogP contribution in [-0.4, -0.2) is 24.6 Å². The predicted octanol–water partition coefficient (Wildman–Crippen LogP) is 3.78. The summed E-state index contributed by atoms with van der Waals surface area (Å²) in [6.07, 6.45) is 2.36. The minimum absolute atomic E-state index is 0. The Hall–Kier alpha value is 0. The Balaban J connectivity index is 0. The lowest BCUT2D eigenvalue weighted by atomic mass is 9.91. The minimum atomic E-state index is 0. The van der Waals surface area contributed by atoms with E-state index in [9.17, 15) is 0 Å². The number of rotatable bonds is 4. The summed E-state index contributed by atoms with van der Waals surface area (Å²) in [5.74, 6) is 0.925. The number of halogens is 1. The lowest BCUT2D eigenvalue weighted by Gasteiger charge is -2.24. The zero-order chi connectivity index (χ0) is 13.5. The molecule has 0 radical (unpaired) electrons. The highest BCUT2D eigenvalue weighted by Gasteiger charge is 2.12. The third kappa shape index (κ3) is 14.1. The molecule has 0 saturated carbocycles. The summed E-state index contributed by atoms with van der Waals surface area (Å²) in [6, 6.07) is 0. The van der Waals surface area contributed by atoms with Gasteiger partial charge in [-0.25, -0.2) is 0 Å². The van der Waals surface area contributed by atoms with E-state index in [1.165, 1.54) is 6.42 Å². The van der Waals surface area contributed by atoms with Crippen LogP contribution in [-0.2, 0) is 0 Å². The fourth-order valence-corrected chi connectivity index (χ4v) is 1.46. The van der Waals surface area contributed by atoms with E-state index in [0.717, 1.165) is 25.5 Å². The van der Waals surface area contributed by atoms with E-state index >= 15 is 0 Å². The topological polar surface area (TPSA) is 36.4 Å². The maximum Gasteiger partial charge on any atom is 0.191 e. The quantitative estimate of drug-likeness (QED) is 0.342. The van der Waals surface area contributed by atoms with Gasteiger partial charge in [-0.05, 0) is 46.0 Å². The molecule has 110 valence electrons. The molecule has 2 N–H and O–H groups in total. The molecule has 0 bridgehead atoms. The van der Waals surface area contributed by atoms with Gasteiger partial charge < -0.3 is 10.6 Å². The molecule has 18 heavy (non-hydrogen) atoms. The third-order valence-electron chi connectivity index (χ3n) is 2.19. The van der Waals surface area contributed by atoms with Gasteiger partial charge in [0.1, 0.15) is 0 Å². The Labute approximate surface area is 131 Å². The van der Waals surface area contributed by atoms with Crippen molar-refractivity contribution in [2.24, 2.45) is 10.4 Å². The Morgan fingerprint density at radius 3 is 2.00 bits per heavy atom. The number of nitrogens with zero attached hydrogens (tertiary/aromatic N) is 1. The van der Waals surface area contributed by atoms with E-state index in [-0.39, 0.29) is 29.5 Å². The SMILES string of the molecule is CCNC(=NCCCC(C)(C)C)NC(C)(C)C.I. The van der Waals surface area contributed by atoms with Crippen molar-refractivity contribution < 1.29 is 0 Å². The van der Waals surface area contributed by atoms with Gasteiger partial charge in [-0.15, -0.1) is 24.0 Å². The molecule has 0 heterocycles. The minimum Gasteiger partial charge on any atom is -0.357 e. The van der Waals surface area contributed by atoms with Crippen molar-refractivity contribution >= 4 is 29.9 Å². The highest BCUT2D eigenvalue weighted by atomic mass is 127. The van der Waals surface area contributed by atoms with Crippen LogP contribution < -0.4 is 10.6 Å². The molecule has 0 fully saturated rings. The molecule has 0 saturated heterocycles.